The van der Waals surface area contributed by atoms with E-state index in [1.165, 1.54) is 11.3 Å². The summed E-state index contributed by atoms with van der Waals surface area (Å²) in [6.45, 7) is 9.78. The summed E-state index contributed by atoms with van der Waals surface area (Å²) in [5, 5.41) is 7.50. The predicted octanol–water partition coefficient (Wildman–Crippen LogP) is 2.74. The number of carbonyl (C=O) groups is 2. The van der Waals surface area contributed by atoms with Gasteiger partial charge in [0.05, 0.1) is 11.2 Å². The highest BCUT2D eigenvalue weighted by molar-refractivity contribution is 7.07. The number of alkyl carbamates (subject to hydrolysis) is 1. The van der Waals surface area contributed by atoms with Gasteiger partial charge in [0.25, 0.3) is 0 Å². The van der Waals surface area contributed by atoms with Crippen molar-refractivity contribution in [3.05, 3.63) is 16.6 Å². The molecule has 2 N–H and O–H groups in total. The second-order valence-electron chi connectivity index (χ2n) is 6.53. The first kappa shape index (κ1) is 19.4. The Morgan fingerprint density at radius 2 is 2.09 bits per heavy atom. The van der Waals surface area contributed by atoms with Crippen LogP contribution >= 0.6 is 11.3 Å². The molecule has 0 saturated carbocycles. The van der Waals surface area contributed by atoms with Gasteiger partial charge in [0.2, 0.25) is 5.91 Å². The molecule has 6 nitrogen and oxygen atoms in total. The molecule has 0 aromatic carbocycles. The van der Waals surface area contributed by atoms with Crippen molar-refractivity contribution in [3.63, 3.8) is 0 Å². The Morgan fingerprint density at radius 3 is 2.61 bits per heavy atom. The van der Waals surface area contributed by atoms with Crippen LogP contribution in [0.25, 0.3) is 0 Å². The third-order valence-corrected chi connectivity index (χ3v) is 3.97. The van der Waals surface area contributed by atoms with Crippen LogP contribution in [0.4, 0.5) is 4.79 Å². The number of hydrogen-bond donors (Lipinski definition) is 2. The summed E-state index contributed by atoms with van der Waals surface area (Å²) >= 11 is 1.53. The zero-order valence-electron chi connectivity index (χ0n) is 14.5. The number of rotatable bonds is 7. The lowest BCUT2D eigenvalue weighted by molar-refractivity contribution is -0.124. The number of carbonyl (C=O) groups excluding carboxylic acids is 2. The van der Waals surface area contributed by atoms with Crippen LogP contribution in [0.5, 0.6) is 0 Å². The minimum Gasteiger partial charge on any atom is -0.444 e. The van der Waals surface area contributed by atoms with Gasteiger partial charge in [-0.3, -0.25) is 4.79 Å². The van der Waals surface area contributed by atoms with Crippen molar-refractivity contribution < 1.29 is 14.3 Å². The molecular weight excluding hydrogens is 314 g/mol. The van der Waals surface area contributed by atoms with Crippen LogP contribution in [0.15, 0.2) is 10.9 Å². The maximum atomic E-state index is 12.4. The van der Waals surface area contributed by atoms with Gasteiger partial charge in [0, 0.05) is 18.3 Å². The number of aromatic nitrogens is 1. The third kappa shape index (κ3) is 7.45. The van der Waals surface area contributed by atoms with Gasteiger partial charge in [0.1, 0.15) is 11.6 Å². The van der Waals surface area contributed by atoms with Gasteiger partial charge < -0.3 is 15.4 Å². The highest BCUT2D eigenvalue weighted by atomic mass is 32.1. The van der Waals surface area contributed by atoms with E-state index in [9.17, 15) is 9.59 Å². The van der Waals surface area contributed by atoms with E-state index >= 15 is 0 Å². The van der Waals surface area contributed by atoms with E-state index in [-0.39, 0.29) is 11.8 Å². The summed E-state index contributed by atoms with van der Waals surface area (Å²) < 4.78 is 5.24. The quantitative estimate of drug-likeness (QED) is 0.799. The van der Waals surface area contributed by atoms with Crippen molar-refractivity contribution in [1.82, 2.24) is 15.6 Å². The second-order valence-corrected chi connectivity index (χ2v) is 7.25. The van der Waals surface area contributed by atoms with Gasteiger partial charge in [0.15, 0.2) is 0 Å². The number of nitrogens with one attached hydrogen (secondary N) is 2. The second kappa shape index (κ2) is 8.86. The Bertz CT molecular complexity index is 497. The maximum Gasteiger partial charge on any atom is 0.408 e. The lowest BCUT2D eigenvalue weighted by atomic mass is 9.98. The fraction of sp³-hybridized carbons (Fsp3) is 0.688. The molecule has 0 aliphatic heterocycles. The molecule has 1 rings (SSSR count). The monoisotopic (exact) mass is 341 g/mol. The molecule has 1 aromatic rings. The number of hydrogen-bond acceptors (Lipinski definition) is 5. The van der Waals surface area contributed by atoms with Gasteiger partial charge in [-0.15, -0.1) is 11.3 Å². The first-order valence-electron chi connectivity index (χ1n) is 7.87. The molecule has 2 unspecified atom stereocenters. The molecule has 2 atom stereocenters. The third-order valence-electron chi connectivity index (χ3n) is 3.33. The average molecular weight is 341 g/mol. The van der Waals surface area contributed by atoms with E-state index in [1.807, 2.05) is 19.2 Å². The molecule has 1 aromatic heterocycles. The van der Waals surface area contributed by atoms with Crippen molar-refractivity contribution in [2.45, 2.75) is 59.1 Å². The normalized spacial score (nSPS) is 14.0. The highest BCUT2D eigenvalue weighted by Crippen LogP contribution is 2.11. The van der Waals surface area contributed by atoms with Crippen LogP contribution in [0, 0.1) is 5.92 Å². The molecule has 7 heteroatoms. The molecule has 1 heterocycles. The first-order chi connectivity index (χ1) is 10.7. The molecule has 0 bridgehead atoms. The Labute approximate surface area is 142 Å². The highest BCUT2D eigenvalue weighted by Gasteiger charge is 2.27. The van der Waals surface area contributed by atoms with Crippen LogP contribution in [0.1, 0.15) is 46.7 Å². The summed E-state index contributed by atoms with van der Waals surface area (Å²) in [5.74, 6) is -0.178. The summed E-state index contributed by atoms with van der Waals surface area (Å²) in [4.78, 5) is 28.5. The predicted molar refractivity (Wildman–Crippen MR) is 91.4 cm³/mol. The van der Waals surface area contributed by atoms with Gasteiger partial charge in [-0.2, -0.15) is 0 Å². The van der Waals surface area contributed by atoms with Gasteiger partial charge >= 0.3 is 6.09 Å². The zero-order chi connectivity index (χ0) is 17.5. The number of nitrogens with zero attached hydrogens (tertiary/aromatic N) is 1. The minimum absolute atomic E-state index is 0.0155. The van der Waals surface area contributed by atoms with Gasteiger partial charge in [-0.1, -0.05) is 20.3 Å². The molecule has 2 amide bonds. The molecular formula is C16H27N3O3S. The van der Waals surface area contributed by atoms with Crippen molar-refractivity contribution in [2.75, 3.05) is 6.54 Å². The van der Waals surface area contributed by atoms with Crippen molar-refractivity contribution in [1.29, 1.82) is 0 Å². The SMILES string of the molecule is CCC(C)C(NC(=O)OC(C)(C)C)C(=O)NCCc1cscn1. The molecule has 0 spiro atoms. The molecule has 0 aliphatic carbocycles. The summed E-state index contributed by atoms with van der Waals surface area (Å²) in [7, 11) is 0. The Kier molecular flexibility index (Phi) is 7.48. The molecule has 0 saturated heterocycles. The smallest absolute Gasteiger partial charge is 0.408 e. The van der Waals surface area contributed by atoms with Crippen LogP contribution in [-0.2, 0) is 16.0 Å². The standard InChI is InChI=1S/C16H27N3O3S/c1-6-11(2)13(19-15(21)22-16(3,4)5)14(20)17-8-7-12-9-23-10-18-12/h9-11,13H,6-8H2,1-5H3,(H,17,20)(H,19,21). The number of thiazole rings is 1. The van der Waals surface area contributed by atoms with Crippen molar-refractivity contribution in [3.8, 4) is 0 Å². The van der Waals surface area contributed by atoms with Crippen molar-refractivity contribution in [2.24, 2.45) is 5.92 Å². The lowest BCUT2D eigenvalue weighted by Crippen LogP contribution is -2.51. The van der Waals surface area contributed by atoms with E-state index in [0.717, 1.165) is 12.1 Å². The van der Waals surface area contributed by atoms with Gasteiger partial charge in [-0.05, 0) is 26.7 Å². The van der Waals surface area contributed by atoms with E-state index < -0.39 is 17.7 Å². The van der Waals surface area contributed by atoms with Gasteiger partial charge in [-0.25, -0.2) is 9.78 Å². The molecule has 0 aliphatic rings. The fourth-order valence-corrected chi connectivity index (χ4v) is 2.51. The maximum absolute atomic E-state index is 12.4. The molecule has 0 fully saturated rings. The number of ether oxygens (including phenoxy) is 1. The number of amides is 2. The lowest BCUT2D eigenvalue weighted by Gasteiger charge is -2.26. The van der Waals surface area contributed by atoms with E-state index in [1.54, 1.807) is 26.3 Å². The summed E-state index contributed by atoms with van der Waals surface area (Å²) in [6.07, 6.45) is 0.881. The van der Waals surface area contributed by atoms with Crippen LogP contribution in [0.2, 0.25) is 0 Å². The first-order valence-corrected chi connectivity index (χ1v) is 8.81. The molecule has 23 heavy (non-hydrogen) atoms. The largest absolute Gasteiger partial charge is 0.444 e. The summed E-state index contributed by atoms with van der Waals surface area (Å²) in [6, 6.07) is -0.606. The zero-order valence-corrected chi connectivity index (χ0v) is 15.3. The van der Waals surface area contributed by atoms with E-state index in [4.69, 9.17) is 4.74 Å². The van der Waals surface area contributed by atoms with E-state index in [0.29, 0.717) is 13.0 Å². The Hall–Kier alpha value is -1.63. The Balaban J connectivity index is 2.54. The Morgan fingerprint density at radius 1 is 1.39 bits per heavy atom. The summed E-state index contributed by atoms with van der Waals surface area (Å²) in [5.41, 5.74) is 2.13. The van der Waals surface area contributed by atoms with Crippen LogP contribution < -0.4 is 10.6 Å². The minimum atomic E-state index is -0.606. The van der Waals surface area contributed by atoms with Crippen LogP contribution in [-0.4, -0.2) is 35.2 Å². The average Bonchev–Trinajstić information content (AvgIpc) is 2.95. The molecule has 0 radical (unpaired) electrons. The van der Waals surface area contributed by atoms with E-state index in [2.05, 4.69) is 15.6 Å². The topological polar surface area (TPSA) is 80.3 Å². The molecule has 130 valence electrons. The fourth-order valence-electron chi connectivity index (χ4n) is 1.92. The van der Waals surface area contributed by atoms with Crippen molar-refractivity contribution >= 4 is 23.3 Å². The van der Waals surface area contributed by atoms with Crippen LogP contribution in [0.3, 0.4) is 0 Å².